The summed E-state index contributed by atoms with van der Waals surface area (Å²) in [6.45, 7) is 3.47. The number of furan rings is 1. The summed E-state index contributed by atoms with van der Waals surface area (Å²) in [5.41, 5.74) is 6.20. The van der Waals surface area contributed by atoms with Gasteiger partial charge in [0.05, 0.1) is 16.7 Å². The number of sulfonamides is 1. The Morgan fingerprint density at radius 1 is 0.897 bits per heavy atom. The number of aryl methyl sites for hydroxylation is 2. The number of rotatable bonds is 5. The summed E-state index contributed by atoms with van der Waals surface area (Å²) < 4.78 is 32.8. The Kier molecular flexibility index (Phi) is 5.69. The molecule has 2 amide bonds. The van der Waals surface area contributed by atoms with Gasteiger partial charge in [0.25, 0.3) is 21.8 Å². The van der Waals surface area contributed by atoms with Gasteiger partial charge < -0.3 is 4.42 Å². The number of carbonyl (C=O) groups excluding carboxylic acids is 2. The lowest BCUT2D eigenvalue weighted by atomic mass is 10.2. The van der Waals surface area contributed by atoms with Gasteiger partial charge in [0.1, 0.15) is 5.76 Å². The first-order valence-electron chi connectivity index (χ1n) is 8.60. The van der Waals surface area contributed by atoms with Crippen LogP contribution in [-0.2, 0) is 10.0 Å². The quantitative estimate of drug-likeness (QED) is 0.556. The van der Waals surface area contributed by atoms with Crippen molar-refractivity contribution in [2.75, 3.05) is 4.72 Å². The number of hydrazine groups is 1. The van der Waals surface area contributed by atoms with E-state index in [1.54, 1.807) is 25.1 Å². The van der Waals surface area contributed by atoms with Gasteiger partial charge in [-0.2, -0.15) is 0 Å². The number of benzene rings is 2. The zero-order chi connectivity index (χ0) is 21.0. The summed E-state index contributed by atoms with van der Waals surface area (Å²) in [6, 6.07) is 13.9. The molecule has 0 saturated carbocycles. The SMILES string of the molecule is Cc1cccc(NS(=O)(=O)c2cccc(C(=O)NNC(=O)c3ccoc3C)c2)c1. The number of carbonyl (C=O) groups is 2. The maximum absolute atomic E-state index is 12.6. The van der Waals surface area contributed by atoms with Crippen LogP contribution >= 0.6 is 0 Å². The van der Waals surface area contributed by atoms with Crippen LogP contribution in [0.5, 0.6) is 0 Å². The second-order valence-corrected chi connectivity index (χ2v) is 7.98. The molecule has 0 saturated heterocycles. The van der Waals surface area contributed by atoms with Gasteiger partial charge in [0.2, 0.25) is 0 Å². The van der Waals surface area contributed by atoms with Crippen LogP contribution in [-0.4, -0.2) is 20.2 Å². The summed E-state index contributed by atoms with van der Waals surface area (Å²) in [4.78, 5) is 24.3. The van der Waals surface area contributed by atoms with Crippen molar-refractivity contribution in [3.8, 4) is 0 Å². The van der Waals surface area contributed by atoms with E-state index in [1.165, 1.54) is 36.6 Å². The molecule has 0 aliphatic heterocycles. The molecular weight excluding hydrogens is 394 g/mol. The van der Waals surface area contributed by atoms with E-state index >= 15 is 0 Å². The molecule has 3 rings (SSSR count). The van der Waals surface area contributed by atoms with Crippen molar-refractivity contribution in [3.05, 3.63) is 83.3 Å². The minimum absolute atomic E-state index is 0.0707. The van der Waals surface area contributed by atoms with Gasteiger partial charge in [0, 0.05) is 11.3 Å². The van der Waals surface area contributed by atoms with E-state index < -0.39 is 21.8 Å². The highest BCUT2D eigenvalue weighted by atomic mass is 32.2. The standard InChI is InChI=1S/C20H19N3O5S/c1-13-5-3-7-16(11-13)23-29(26,27)17-8-4-6-15(12-17)19(24)21-22-20(25)18-9-10-28-14(18)2/h3-12,23H,1-2H3,(H,21,24)(H,22,25). The van der Waals surface area contributed by atoms with Crippen molar-refractivity contribution in [2.45, 2.75) is 18.7 Å². The van der Waals surface area contributed by atoms with E-state index in [-0.39, 0.29) is 16.0 Å². The molecule has 150 valence electrons. The summed E-state index contributed by atoms with van der Waals surface area (Å²) >= 11 is 0. The fourth-order valence-electron chi connectivity index (χ4n) is 2.60. The molecule has 0 aliphatic rings. The van der Waals surface area contributed by atoms with Crippen molar-refractivity contribution in [3.63, 3.8) is 0 Å². The maximum atomic E-state index is 12.6. The predicted molar refractivity (Wildman–Crippen MR) is 107 cm³/mol. The van der Waals surface area contributed by atoms with E-state index in [9.17, 15) is 18.0 Å². The van der Waals surface area contributed by atoms with Crippen LogP contribution in [0.2, 0.25) is 0 Å². The first-order chi connectivity index (χ1) is 13.8. The molecule has 3 aromatic rings. The molecule has 9 heteroatoms. The lowest BCUT2D eigenvalue weighted by molar-refractivity contribution is 0.0845. The van der Waals surface area contributed by atoms with Crippen LogP contribution in [0.4, 0.5) is 5.69 Å². The fourth-order valence-corrected chi connectivity index (χ4v) is 3.70. The van der Waals surface area contributed by atoms with E-state index in [2.05, 4.69) is 15.6 Å². The molecule has 0 radical (unpaired) electrons. The van der Waals surface area contributed by atoms with Crippen LogP contribution in [0.25, 0.3) is 0 Å². The Labute approximate surface area is 168 Å². The van der Waals surface area contributed by atoms with Gasteiger partial charge in [-0.25, -0.2) is 8.42 Å². The molecule has 0 atom stereocenters. The Morgan fingerprint density at radius 3 is 2.31 bits per heavy atom. The first-order valence-corrected chi connectivity index (χ1v) is 10.1. The fraction of sp³-hybridized carbons (Fsp3) is 0.100. The first kappa shape index (κ1) is 20.2. The van der Waals surface area contributed by atoms with Crippen LogP contribution in [0.1, 0.15) is 32.0 Å². The highest BCUT2D eigenvalue weighted by Gasteiger charge is 2.18. The lowest BCUT2D eigenvalue weighted by Gasteiger charge is -2.11. The summed E-state index contributed by atoms with van der Waals surface area (Å²) in [7, 11) is -3.89. The Morgan fingerprint density at radius 2 is 1.62 bits per heavy atom. The third-order valence-electron chi connectivity index (χ3n) is 4.07. The van der Waals surface area contributed by atoms with Crippen LogP contribution in [0.15, 0.2) is 70.2 Å². The van der Waals surface area contributed by atoms with Gasteiger partial charge in [-0.15, -0.1) is 0 Å². The number of nitrogens with one attached hydrogen (secondary N) is 3. The smallest absolute Gasteiger partial charge is 0.273 e. The van der Waals surface area contributed by atoms with E-state index in [1.807, 2.05) is 13.0 Å². The average molecular weight is 413 g/mol. The largest absolute Gasteiger partial charge is 0.469 e. The number of hydrogen-bond acceptors (Lipinski definition) is 5. The number of hydrogen-bond donors (Lipinski definition) is 3. The summed E-state index contributed by atoms with van der Waals surface area (Å²) in [6.07, 6.45) is 1.36. The molecule has 3 N–H and O–H groups in total. The zero-order valence-corrected chi connectivity index (χ0v) is 16.5. The average Bonchev–Trinajstić information content (AvgIpc) is 3.11. The van der Waals surface area contributed by atoms with Crippen LogP contribution < -0.4 is 15.6 Å². The molecule has 1 heterocycles. The molecule has 2 aromatic carbocycles. The molecule has 1 aromatic heterocycles. The predicted octanol–water partition coefficient (Wildman–Crippen LogP) is 2.77. The second kappa shape index (κ2) is 8.19. The molecule has 0 bridgehead atoms. The molecule has 0 aliphatic carbocycles. The van der Waals surface area contributed by atoms with E-state index in [0.29, 0.717) is 11.4 Å². The Balaban J connectivity index is 1.72. The van der Waals surface area contributed by atoms with Crippen molar-refractivity contribution >= 4 is 27.5 Å². The highest BCUT2D eigenvalue weighted by molar-refractivity contribution is 7.92. The minimum atomic E-state index is -3.89. The van der Waals surface area contributed by atoms with Gasteiger partial charge in [0.15, 0.2) is 0 Å². The third-order valence-corrected chi connectivity index (χ3v) is 5.45. The molecule has 29 heavy (non-hydrogen) atoms. The minimum Gasteiger partial charge on any atom is -0.469 e. The molecule has 8 nitrogen and oxygen atoms in total. The molecule has 0 fully saturated rings. The molecular formula is C20H19N3O5S. The normalized spacial score (nSPS) is 11.0. The Bertz CT molecular complexity index is 1170. The summed E-state index contributed by atoms with van der Waals surface area (Å²) in [5, 5.41) is 0. The highest BCUT2D eigenvalue weighted by Crippen LogP contribution is 2.18. The number of amides is 2. The topological polar surface area (TPSA) is 118 Å². The van der Waals surface area contributed by atoms with Gasteiger partial charge in [-0.1, -0.05) is 18.2 Å². The van der Waals surface area contributed by atoms with Crippen molar-refractivity contribution in [2.24, 2.45) is 0 Å². The Hall–Kier alpha value is -3.59. The lowest BCUT2D eigenvalue weighted by Crippen LogP contribution is -2.41. The second-order valence-electron chi connectivity index (χ2n) is 6.30. The van der Waals surface area contributed by atoms with Gasteiger partial charge in [-0.05, 0) is 55.8 Å². The molecule has 0 spiro atoms. The maximum Gasteiger partial charge on any atom is 0.273 e. The number of anilines is 1. The van der Waals surface area contributed by atoms with Crippen LogP contribution in [0.3, 0.4) is 0 Å². The monoisotopic (exact) mass is 413 g/mol. The van der Waals surface area contributed by atoms with Crippen molar-refractivity contribution < 1.29 is 22.4 Å². The van der Waals surface area contributed by atoms with Crippen molar-refractivity contribution in [1.82, 2.24) is 10.9 Å². The van der Waals surface area contributed by atoms with E-state index in [4.69, 9.17) is 4.42 Å². The molecule has 0 unspecified atom stereocenters. The van der Waals surface area contributed by atoms with Gasteiger partial charge >= 0.3 is 0 Å². The summed E-state index contributed by atoms with van der Waals surface area (Å²) in [5.74, 6) is -0.798. The zero-order valence-electron chi connectivity index (χ0n) is 15.7. The van der Waals surface area contributed by atoms with Crippen LogP contribution in [0, 0.1) is 13.8 Å². The third kappa shape index (κ3) is 4.82. The van der Waals surface area contributed by atoms with Crippen molar-refractivity contribution in [1.29, 1.82) is 0 Å². The van der Waals surface area contributed by atoms with E-state index in [0.717, 1.165) is 5.56 Å². The van der Waals surface area contributed by atoms with Gasteiger partial charge in [-0.3, -0.25) is 25.2 Å².